The SMILES string of the molecule is O=C(CS(=O)(=O)c1ccc(Cl)cc1)NCCN1CCOCC1. The van der Waals surface area contributed by atoms with E-state index in [1.807, 2.05) is 0 Å². The van der Waals surface area contributed by atoms with Gasteiger partial charge in [-0.15, -0.1) is 0 Å². The van der Waals surface area contributed by atoms with Crippen LogP contribution in [0.2, 0.25) is 5.02 Å². The monoisotopic (exact) mass is 346 g/mol. The van der Waals surface area contributed by atoms with Crippen molar-refractivity contribution >= 4 is 27.3 Å². The summed E-state index contributed by atoms with van der Waals surface area (Å²) in [6.45, 7) is 4.17. The highest BCUT2D eigenvalue weighted by atomic mass is 35.5. The van der Waals surface area contributed by atoms with Crippen molar-refractivity contribution in [1.82, 2.24) is 10.2 Å². The molecular formula is C14H19ClN2O4S. The number of benzene rings is 1. The van der Waals surface area contributed by atoms with E-state index in [1.54, 1.807) is 0 Å². The van der Waals surface area contributed by atoms with Crippen LogP contribution in [-0.2, 0) is 19.4 Å². The van der Waals surface area contributed by atoms with Crippen LogP contribution in [0.5, 0.6) is 0 Å². The molecule has 0 radical (unpaired) electrons. The Balaban J connectivity index is 1.79. The number of carbonyl (C=O) groups excluding carboxylic acids is 1. The molecule has 1 saturated heterocycles. The van der Waals surface area contributed by atoms with Crippen molar-refractivity contribution in [3.05, 3.63) is 29.3 Å². The number of rotatable bonds is 6. The summed E-state index contributed by atoms with van der Waals surface area (Å²) in [5.74, 6) is -1.05. The molecule has 0 spiro atoms. The number of sulfone groups is 1. The van der Waals surface area contributed by atoms with Gasteiger partial charge in [0.2, 0.25) is 5.91 Å². The van der Waals surface area contributed by atoms with Gasteiger partial charge in [-0.2, -0.15) is 0 Å². The van der Waals surface area contributed by atoms with Gasteiger partial charge in [0.15, 0.2) is 9.84 Å². The Labute approximate surface area is 135 Å². The summed E-state index contributed by atoms with van der Waals surface area (Å²) in [6, 6.07) is 5.78. The Morgan fingerprint density at radius 2 is 1.86 bits per heavy atom. The van der Waals surface area contributed by atoms with Crippen molar-refractivity contribution in [2.45, 2.75) is 4.90 Å². The van der Waals surface area contributed by atoms with Crippen LogP contribution >= 0.6 is 11.6 Å². The van der Waals surface area contributed by atoms with Crippen molar-refractivity contribution < 1.29 is 17.9 Å². The van der Waals surface area contributed by atoms with Crippen molar-refractivity contribution in [3.63, 3.8) is 0 Å². The van der Waals surface area contributed by atoms with E-state index in [-0.39, 0.29) is 4.90 Å². The Hall–Kier alpha value is -1.15. The summed E-state index contributed by atoms with van der Waals surface area (Å²) >= 11 is 5.72. The van der Waals surface area contributed by atoms with Crippen LogP contribution < -0.4 is 5.32 Å². The van der Waals surface area contributed by atoms with Crippen LogP contribution in [0.15, 0.2) is 29.2 Å². The molecule has 0 aliphatic carbocycles. The van der Waals surface area contributed by atoms with E-state index in [2.05, 4.69) is 10.2 Å². The summed E-state index contributed by atoms with van der Waals surface area (Å²) < 4.78 is 29.4. The average Bonchev–Trinajstić information content (AvgIpc) is 2.48. The van der Waals surface area contributed by atoms with Crippen molar-refractivity contribution in [2.75, 3.05) is 45.1 Å². The molecule has 0 saturated carbocycles. The zero-order valence-corrected chi connectivity index (χ0v) is 13.7. The van der Waals surface area contributed by atoms with Gasteiger partial charge >= 0.3 is 0 Å². The molecule has 8 heteroatoms. The largest absolute Gasteiger partial charge is 0.379 e. The Morgan fingerprint density at radius 3 is 2.50 bits per heavy atom. The summed E-state index contributed by atoms with van der Waals surface area (Å²) in [7, 11) is -3.64. The van der Waals surface area contributed by atoms with Crippen LogP contribution in [-0.4, -0.2) is 64.4 Å². The maximum absolute atomic E-state index is 12.1. The van der Waals surface area contributed by atoms with E-state index in [0.29, 0.717) is 31.3 Å². The molecule has 1 N–H and O–H groups in total. The second-order valence-corrected chi connectivity index (χ2v) is 7.44. The molecule has 22 heavy (non-hydrogen) atoms. The molecule has 2 rings (SSSR count). The number of nitrogens with zero attached hydrogens (tertiary/aromatic N) is 1. The van der Waals surface area contributed by atoms with Crippen LogP contribution in [0.1, 0.15) is 0 Å². The average molecular weight is 347 g/mol. The number of hydrogen-bond donors (Lipinski definition) is 1. The molecule has 0 bridgehead atoms. The lowest BCUT2D eigenvalue weighted by Gasteiger charge is -2.26. The van der Waals surface area contributed by atoms with Crippen LogP contribution in [0.3, 0.4) is 0 Å². The van der Waals surface area contributed by atoms with Gasteiger partial charge in [-0.3, -0.25) is 9.69 Å². The first kappa shape index (κ1) is 17.2. The lowest BCUT2D eigenvalue weighted by atomic mass is 10.4. The molecule has 1 aromatic carbocycles. The molecule has 1 aliphatic heterocycles. The predicted octanol–water partition coefficient (Wildman–Crippen LogP) is 0.562. The smallest absolute Gasteiger partial charge is 0.235 e. The molecule has 1 fully saturated rings. The standard InChI is InChI=1S/C14H19ClN2O4S/c15-12-1-3-13(4-2-12)22(19,20)11-14(18)16-5-6-17-7-9-21-10-8-17/h1-4H,5-11H2,(H,16,18). The summed E-state index contributed by atoms with van der Waals surface area (Å²) in [5.41, 5.74) is 0. The normalized spacial score (nSPS) is 16.4. The third-order valence-corrected chi connectivity index (χ3v) is 5.23. The first-order valence-corrected chi connectivity index (χ1v) is 9.05. The number of ether oxygens (including phenoxy) is 1. The minimum atomic E-state index is -3.64. The van der Waals surface area contributed by atoms with Gasteiger partial charge in [-0.1, -0.05) is 11.6 Å². The number of amides is 1. The van der Waals surface area contributed by atoms with E-state index < -0.39 is 21.5 Å². The molecule has 1 aromatic rings. The predicted molar refractivity (Wildman–Crippen MR) is 83.8 cm³/mol. The number of hydrogen-bond acceptors (Lipinski definition) is 5. The molecule has 1 amide bonds. The molecule has 0 unspecified atom stereocenters. The van der Waals surface area contributed by atoms with E-state index in [1.165, 1.54) is 24.3 Å². The van der Waals surface area contributed by atoms with Gasteiger partial charge < -0.3 is 10.1 Å². The van der Waals surface area contributed by atoms with E-state index >= 15 is 0 Å². The zero-order valence-electron chi connectivity index (χ0n) is 12.1. The van der Waals surface area contributed by atoms with Crippen molar-refractivity contribution in [1.29, 1.82) is 0 Å². The molecule has 1 aliphatic rings. The zero-order chi connectivity index (χ0) is 16.0. The quantitative estimate of drug-likeness (QED) is 0.814. The first-order chi connectivity index (χ1) is 10.5. The minimum Gasteiger partial charge on any atom is -0.379 e. The fourth-order valence-electron chi connectivity index (χ4n) is 2.13. The van der Waals surface area contributed by atoms with Crippen LogP contribution in [0, 0.1) is 0 Å². The van der Waals surface area contributed by atoms with Gasteiger partial charge in [0.05, 0.1) is 18.1 Å². The fourth-order valence-corrected chi connectivity index (χ4v) is 3.42. The molecule has 122 valence electrons. The third kappa shape index (κ3) is 5.24. The summed E-state index contributed by atoms with van der Waals surface area (Å²) in [5, 5.41) is 3.09. The Morgan fingerprint density at radius 1 is 1.23 bits per heavy atom. The van der Waals surface area contributed by atoms with Crippen molar-refractivity contribution in [3.8, 4) is 0 Å². The van der Waals surface area contributed by atoms with Gasteiger partial charge in [-0.05, 0) is 24.3 Å². The van der Waals surface area contributed by atoms with Gasteiger partial charge in [0, 0.05) is 31.2 Å². The fraction of sp³-hybridized carbons (Fsp3) is 0.500. The van der Waals surface area contributed by atoms with E-state index in [9.17, 15) is 13.2 Å². The summed E-state index contributed by atoms with van der Waals surface area (Å²) in [6.07, 6.45) is 0. The lowest BCUT2D eigenvalue weighted by molar-refractivity contribution is -0.118. The lowest BCUT2D eigenvalue weighted by Crippen LogP contribution is -2.42. The topological polar surface area (TPSA) is 75.7 Å². The highest BCUT2D eigenvalue weighted by Gasteiger charge is 2.19. The van der Waals surface area contributed by atoms with Crippen LogP contribution in [0.4, 0.5) is 0 Å². The van der Waals surface area contributed by atoms with E-state index in [4.69, 9.17) is 16.3 Å². The molecule has 6 nitrogen and oxygen atoms in total. The number of nitrogens with one attached hydrogen (secondary N) is 1. The Kier molecular flexibility index (Phi) is 6.19. The highest BCUT2D eigenvalue weighted by Crippen LogP contribution is 2.15. The molecule has 0 atom stereocenters. The number of carbonyl (C=O) groups is 1. The molecule has 1 heterocycles. The van der Waals surface area contributed by atoms with Gasteiger partial charge in [0.1, 0.15) is 5.75 Å². The second kappa shape index (κ2) is 7.92. The van der Waals surface area contributed by atoms with Crippen LogP contribution in [0.25, 0.3) is 0 Å². The molecular weight excluding hydrogens is 328 g/mol. The summed E-state index contributed by atoms with van der Waals surface area (Å²) in [4.78, 5) is 14.0. The number of halogens is 1. The first-order valence-electron chi connectivity index (χ1n) is 7.02. The van der Waals surface area contributed by atoms with Gasteiger partial charge in [0.25, 0.3) is 0 Å². The second-order valence-electron chi connectivity index (χ2n) is 5.02. The molecule has 0 aromatic heterocycles. The minimum absolute atomic E-state index is 0.0974. The number of morpholine rings is 1. The van der Waals surface area contributed by atoms with Gasteiger partial charge in [-0.25, -0.2) is 8.42 Å². The maximum atomic E-state index is 12.1. The third-order valence-electron chi connectivity index (χ3n) is 3.35. The van der Waals surface area contributed by atoms with Crippen molar-refractivity contribution in [2.24, 2.45) is 0 Å². The van der Waals surface area contributed by atoms with E-state index in [0.717, 1.165) is 13.1 Å². The Bertz CT molecular complexity index is 598. The highest BCUT2D eigenvalue weighted by molar-refractivity contribution is 7.92. The maximum Gasteiger partial charge on any atom is 0.235 e.